The third-order valence-electron chi connectivity index (χ3n) is 4.27. The molecule has 0 aliphatic carbocycles. The van der Waals surface area contributed by atoms with Crippen molar-refractivity contribution in [1.29, 1.82) is 0 Å². The van der Waals surface area contributed by atoms with Gasteiger partial charge < -0.3 is 14.8 Å². The van der Waals surface area contributed by atoms with Crippen molar-refractivity contribution >= 4 is 18.0 Å². The third kappa shape index (κ3) is 7.01. The minimum Gasteiger partial charge on any atom is -0.497 e. The van der Waals surface area contributed by atoms with Gasteiger partial charge in [-0.25, -0.2) is 5.43 Å². The van der Waals surface area contributed by atoms with Gasteiger partial charge in [-0.3, -0.25) is 9.59 Å². The van der Waals surface area contributed by atoms with Crippen LogP contribution >= 0.6 is 0 Å². The molecule has 31 heavy (non-hydrogen) atoms. The van der Waals surface area contributed by atoms with E-state index in [1.54, 1.807) is 31.4 Å². The predicted octanol–water partition coefficient (Wildman–Crippen LogP) is 3.15. The summed E-state index contributed by atoms with van der Waals surface area (Å²) in [7, 11) is 1.55. The summed E-state index contributed by atoms with van der Waals surface area (Å²) in [6, 6.07) is 23.8. The third-order valence-corrected chi connectivity index (χ3v) is 4.27. The molecule has 0 aliphatic heterocycles. The molecular formula is C24H23N3O4. The van der Waals surface area contributed by atoms with E-state index in [0.717, 1.165) is 11.1 Å². The molecule has 0 aliphatic rings. The van der Waals surface area contributed by atoms with Crippen molar-refractivity contribution in [3.63, 3.8) is 0 Å². The first-order valence-electron chi connectivity index (χ1n) is 9.65. The minimum atomic E-state index is -0.436. The summed E-state index contributed by atoms with van der Waals surface area (Å²) in [5.74, 6) is 0.559. The number of ether oxygens (including phenoxy) is 2. The molecule has 0 fully saturated rings. The second kappa shape index (κ2) is 11.2. The standard InChI is InChI=1S/C24H23N3O4/c1-30-21-12-10-20(11-13-21)24(29)25-16-23(28)27-26-15-19-8-5-9-22(14-19)31-17-18-6-3-2-4-7-18/h2-15H,16-17H2,1H3,(H,25,29)(H,27,28)/b26-15+. The van der Waals surface area contributed by atoms with Crippen LogP contribution in [0.2, 0.25) is 0 Å². The summed E-state index contributed by atoms with van der Waals surface area (Å²) < 4.78 is 10.8. The molecule has 158 valence electrons. The molecule has 0 spiro atoms. The van der Waals surface area contributed by atoms with E-state index in [4.69, 9.17) is 9.47 Å². The summed E-state index contributed by atoms with van der Waals surface area (Å²) in [4.78, 5) is 24.0. The smallest absolute Gasteiger partial charge is 0.259 e. The lowest BCUT2D eigenvalue weighted by Crippen LogP contribution is -2.34. The van der Waals surface area contributed by atoms with Crippen LogP contribution in [0.5, 0.6) is 11.5 Å². The van der Waals surface area contributed by atoms with Crippen molar-refractivity contribution in [2.45, 2.75) is 6.61 Å². The topological polar surface area (TPSA) is 89.0 Å². The number of rotatable bonds is 9. The molecule has 3 aromatic rings. The maximum atomic E-state index is 12.1. The average molecular weight is 417 g/mol. The van der Waals surface area contributed by atoms with E-state index in [-0.39, 0.29) is 12.5 Å². The van der Waals surface area contributed by atoms with Crippen molar-refractivity contribution in [3.8, 4) is 11.5 Å². The lowest BCUT2D eigenvalue weighted by atomic mass is 10.2. The van der Waals surface area contributed by atoms with E-state index in [1.165, 1.54) is 6.21 Å². The van der Waals surface area contributed by atoms with Gasteiger partial charge in [0.1, 0.15) is 18.1 Å². The Hall–Kier alpha value is -4.13. The predicted molar refractivity (Wildman–Crippen MR) is 118 cm³/mol. The maximum Gasteiger partial charge on any atom is 0.259 e. The quantitative estimate of drug-likeness (QED) is 0.413. The fourth-order valence-corrected chi connectivity index (χ4v) is 2.65. The fourth-order valence-electron chi connectivity index (χ4n) is 2.65. The number of benzene rings is 3. The zero-order valence-corrected chi connectivity index (χ0v) is 17.1. The molecule has 0 saturated heterocycles. The normalized spacial score (nSPS) is 10.5. The minimum absolute atomic E-state index is 0.192. The Balaban J connectivity index is 1.44. The number of amides is 2. The average Bonchev–Trinajstić information content (AvgIpc) is 2.82. The van der Waals surface area contributed by atoms with Crippen LogP contribution in [0.4, 0.5) is 0 Å². The molecule has 2 N–H and O–H groups in total. The van der Waals surface area contributed by atoms with Crippen LogP contribution in [-0.4, -0.2) is 31.7 Å². The van der Waals surface area contributed by atoms with Crippen LogP contribution in [0.15, 0.2) is 84.0 Å². The molecule has 7 nitrogen and oxygen atoms in total. The summed E-state index contributed by atoms with van der Waals surface area (Å²) in [5.41, 5.74) is 4.67. The fraction of sp³-hybridized carbons (Fsp3) is 0.125. The molecule has 0 bridgehead atoms. The van der Waals surface area contributed by atoms with E-state index < -0.39 is 5.91 Å². The van der Waals surface area contributed by atoms with Gasteiger partial charge in [-0.1, -0.05) is 42.5 Å². The lowest BCUT2D eigenvalue weighted by molar-refractivity contribution is -0.120. The number of hydrogen-bond donors (Lipinski definition) is 2. The first-order chi connectivity index (χ1) is 15.1. The van der Waals surface area contributed by atoms with Crippen LogP contribution in [0.3, 0.4) is 0 Å². The van der Waals surface area contributed by atoms with E-state index in [1.807, 2.05) is 54.6 Å². The number of hydrogen-bond acceptors (Lipinski definition) is 5. The molecule has 0 atom stereocenters. The molecule has 7 heteroatoms. The molecule has 0 unspecified atom stereocenters. The van der Waals surface area contributed by atoms with Crippen LogP contribution in [-0.2, 0) is 11.4 Å². The summed E-state index contributed by atoms with van der Waals surface area (Å²) >= 11 is 0. The number of hydrazone groups is 1. The maximum absolute atomic E-state index is 12.1. The Morgan fingerprint density at radius 2 is 1.71 bits per heavy atom. The van der Waals surface area contributed by atoms with Gasteiger partial charge in [0, 0.05) is 5.56 Å². The van der Waals surface area contributed by atoms with Gasteiger partial charge in [-0.15, -0.1) is 0 Å². The van der Waals surface area contributed by atoms with Crippen LogP contribution < -0.4 is 20.2 Å². The number of methoxy groups -OCH3 is 1. The highest BCUT2D eigenvalue weighted by Crippen LogP contribution is 2.14. The van der Waals surface area contributed by atoms with Gasteiger partial charge in [0.2, 0.25) is 0 Å². The van der Waals surface area contributed by atoms with Gasteiger partial charge in [-0.2, -0.15) is 5.10 Å². The van der Waals surface area contributed by atoms with Crippen molar-refractivity contribution in [1.82, 2.24) is 10.7 Å². The number of nitrogens with one attached hydrogen (secondary N) is 2. The summed E-state index contributed by atoms with van der Waals surface area (Å²) in [5, 5.41) is 6.47. The highest BCUT2D eigenvalue weighted by Gasteiger charge is 2.07. The molecule has 0 aromatic heterocycles. The van der Waals surface area contributed by atoms with Gasteiger partial charge >= 0.3 is 0 Å². The van der Waals surface area contributed by atoms with Crippen LogP contribution in [0.1, 0.15) is 21.5 Å². The summed E-state index contributed by atoms with van der Waals surface area (Å²) in [6.45, 7) is 0.272. The molecule has 0 radical (unpaired) electrons. The number of nitrogens with zero attached hydrogens (tertiary/aromatic N) is 1. The number of carbonyl (C=O) groups is 2. The Kier molecular flexibility index (Phi) is 7.77. The first kappa shape index (κ1) is 21.6. The highest BCUT2D eigenvalue weighted by atomic mass is 16.5. The van der Waals surface area contributed by atoms with Crippen molar-refractivity contribution in [2.75, 3.05) is 13.7 Å². The monoisotopic (exact) mass is 417 g/mol. The lowest BCUT2D eigenvalue weighted by Gasteiger charge is -2.07. The second-order valence-electron chi connectivity index (χ2n) is 6.55. The SMILES string of the molecule is COc1ccc(C(=O)NCC(=O)N/N=C/c2cccc(OCc3ccccc3)c2)cc1. The summed E-state index contributed by atoms with van der Waals surface area (Å²) in [6.07, 6.45) is 1.51. The zero-order valence-electron chi connectivity index (χ0n) is 17.1. The Morgan fingerprint density at radius 1 is 0.935 bits per heavy atom. The van der Waals surface area contributed by atoms with E-state index in [2.05, 4.69) is 15.8 Å². The Morgan fingerprint density at radius 3 is 2.45 bits per heavy atom. The van der Waals surface area contributed by atoms with Crippen molar-refractivity contribution in [3.05, 3.63) is 95.6 Å². The van der Waals surface area contributed by atoms with E-state index in [9.17, 15) is 9.59 Å². The van der Waals surface area contributed by atoms with Crippen LogP contribution in [0.25, 0.3) is 0 Å². The molecular weight excluding hydrogens is 394 g/mol. The highest BCUT2D eigenvalue weighted by molar-refractivity contribution is 5.96. The van der Waals surface area contributed by atoms with E-state index >= 15 is 0 Å². The van der Waals surface area contributed by atoms with Crippen molar-refractivity contribution in [2.24, 2.45) is 5.10 Å². The molecule has 3 aromatic carbocycles. The van der Waals surface area contributed by atoms with Crippen LogP contribution in [0, 0.1) is 0 Å². The first-order valence-corrected chi connectivity index (χ1v) is 9.65. The van der Waals surface area contributed by atoms with Gasteiger partial charge in [0.15, 0.2) is 0 Å². The molecule has 0 heterocycles. The molecule has 2 amide bonds. The molecule has 3 rings (SSSR count). The molecule has 0 saturated carbocycles. The zero-order chi connectivity index (χ0) is 21.9. The van der Waals surface area contributed by atoms with Gasteiger partial charge in [0.25, 0.3) is 11.8 Å². The second-order valence-corrected chi connectivity index (χ2v) is 6.55. The Labute approximate surface area is 180 Å². The largest absolute Gasteiger partial charge is 0.497 e. The van der Waals surface area contributed by atoms with Gasteiger partial charge in [0.05, 0.1) is 19.9 Å². The number of carbonyl (C=O) groups excluding carboxylic acids is 2. The Bertz CT molecular complexity index is 1030. The van der Waals surface area contributed by atoms with E-state index in [0.29, 0.717) is 23.7 Å². The van der Waals surface area contributed by atoms with Crippen molar-refractivity contribution < 1.29 is 19.1 Å². The van der Waals surface area contributed by atoms with Gasteiger partial charge in [-0.05, 0) is 47.5 Å².